The lowest BCUT2D eigenvalue weighted by Gasteiger charge is -2.37. The molecule has 1 fully saturated rings. The van der Waals surface area contributed by atoms with Crippen LogP contribution in [0.1, 0.15) is 24.4 Å². The first-order valence-electron chi connectivity index (χ1n) is 8.57. The molecule has 1 unspecified atom stereocenters. The smallest absolute Gasteiger partial charge is 0.229 e. The van der Waals surface area contributed by atoms with E-state index in [9.17, 15) is 0 Å². The molecule has 1 aliphatic rings. The maximum Gasteiger partial charge on any atom is 0.229 e. The molecule has 25 heavy (non-hydrogen) atoms. The van der Waals surface area contributed by atoms with Crippen LogP contribution >= 0.6 is 0 Å². The lowest BCUT2D eigenvalue weighted by atomic mass is 10.1. The molecule has 0 spiro atoms. The lowest BCUT2D eigenvalue weighted by Crippen LogP contribution is -2.46. The van der Waals surface area contributed by atoms with Crippen LogP contribution in [0.15, 0.2) is 24.5 Å². The Morgan fingerprint density at radius 2 is 1.92 bits per heavy atom. The van der Waals surface area contributed by atoms with Gasteiger partial charge in [-0.05, 0) is 18.6 Å². The summed E-state index contributed by atoms with van der Waals surface area (Å²) >= 11 is 0. The predicted octanol–water partition coefficient (Wildman–Crippen LogP) is 0.794. The maximum absolute atomic E-state index is 5.81. The SMILES string of the molecule is CC(c1cccnc1)N1CCN(Cc2nc(N)nc(N(C)C)n2)CC1. The molecule has 1 aliphatic heterocycles. The number of nitrogen functional groups attached to an aromatic ring is 1. The van der Waals surface area contributed by atoms with E-state index in [1.807, 2.05) is 37.5 Å². The Morgan fingerprint density at radius 3 is 2.56 bits per heavy atom. The van der Waals surface area contributed by atoms with Crippen molar-refractivity contribution < 1.29 is 0 Å². The lowest BCUT2D eigenvalue weighted by molar-refractivity contribution is 0.0961. The Labute approximate surface area is 148 Å². The minimum Gasteiger partial charge on any atom is -0.368 e. The molecule has 1 saturated heterocycles. The fourth-order valence-corrected chi connectivity index (χ4v) is 3.04. The van der Waals surface area contributed by atoms with Crippen molar-refractivity contribution in [1.82, 2.24) is 29.7 Å². The highest BCUT2D eigenvalue weighted by Crippen LogP contribution is 2.21. The highest BCUT2D eigenvalue weighted by molar-refractivity contribution is 5.32. The Hall–Kier alpha value is -2.32. The number of aromatic nitrogens is 4. The zero-order valence-corrected chi connectivity index (χ0v) is 15.1. The number of anilines is 2. The Kier molecular flexibility index (Phi) is 5.40. The fourth-order valence-electron chi connectivity index (χ4n) is 3.04. The number of nitrogens with two attached hydrogens (primary N) is 1. The van der Waals surface area contributed by atoms with Gasteiger partial charge in [0, 0.05) is 58.7 Å². The summed E-state index contributed by atoms with van der Waals surface area (Å²) in [5, 5.41) is 0. The third-order valence-electron chi connectivity index (χ3n) is 4.57. The van der Waals surface area contributed by atoms with Gasteiger partial charge < -0.3 is 10.6 Å². The molecule has 8 heteroatoms. The third-order valence-corrected chi connectivity index (χ3v) is 4.57. The van der Waals surface area contributed by atoms with E-state index < -0.39 is 0 Å². The van der Waals surface area contributed by atoms with E-state index in [1.54, 1.807) is 0 Å². The normalized spacial score (nSPS) is 17.4. The monoisotopic (exact) mass is 342 g/mol. The molecule has 1 atom stereocenters. The molecule has 0 aliphatic carbocycles. The van der Waals surface area contributed by atoms with E-state index in [0.717, 1.165) is 32.0 Å². The van der Waals surface area contributed by atoms with E-state index >= 15 is 0 Å². The summed E-state index contributed by atoms with van der Waals surface area (Å²) in [5.74, 6) is 1.61. The molecule has 0 radical (unpaired) electrons. The van der Waals surface area contributed by atoms with E-state index in [4.69, 9.17) is 5.73 Å². The van der Waals surface area contributed by atoms with Gasteiger partial charge in [-0.3, -0.25) is 14.8 Å². The summed E-state index contributed by atoms with van der Waals surface area (Å²) in [6.45, 7) is 6.92. The van der Waals surface area contributed by atoms with Gasteiger partial charge in [-0.2, -0.15) is 15.0 Å². The predicted molar refractivity (Wildman–Crippen MR) is 98.1 cm³/mol. The molecule has 2 aromatic rings. The van der Waals surface area contributed by atoms with Crippen molar-refractivity contribution in [1.29, 1.82) is 0 Å². The van der Waals surface area contributed by atoms with Crippen LogP contribution in [0.2, 0.25) is 0 Å². The fraction of sp³-hybridized carbons (Fsp3) is 0.529. The largest absolute Gasteiger partial charge is 0.368 e. The van der Waals surface area contributed by atoms with Gasteiger partial charge in [-0.1, -0.05) is 6.07 Å². The van der Waals surface area contributed by atoms with Gasteiger partial charge >= 0.3 is 0 Å². The van der Waals surface area contributed by atoms with Crippen LogP contribution in [0.25, 0.3) is 0 Å². The topological polar surface area (TPSA) is 87.3 Å². The molecule has 2 aromatic heterocycles. The van der Waals surface area contributed by atoms with Gasteiger partial charge in [0.25, 0.3) is 0 Å². The van der Waals surface area contributed by atoms with Gasteiger partial charge in [0.1, 0.15) is 5.82 Å². The highest BCUT2D eigenvalue weighted by atomic mass is 15.3. The van der Waals surface area contributed by atoms with Crippen molar-refractivity contribution in [3.8, 4) is 0 Å². The van der Waals surface area contributed by atoms with E-state index in [2.05, 4.69) is 42.7 Å². The summed E-state index contributed by atoms with van der Waals surface area (Å²) in [7, 11) is 3.80. The van der Waals surface area contributed by atoms with Gasteiger partial charge in [0.05, 0.1) is 6.54 Å². The van der Waals surface area contributed by atoms with Crippen molar-refractivity contribution in [2.75, 3.05) is 50.9 Å². The average Bonchev–Trinajstić information content (AvgIpc) is 2.62. The second-order valence-electron chi connectivity index (χ2n) is 6.58. The van der Waals surface area contributed by atoms with E-state index in [0.29, 0.717) is 18.5 Å². The summed E-state index contributed by atoms with van der Waals surface area (Å²) in [6.07, 6.45) is 3.77. The third kappa shape index (κ3) is 4.40. The van der Waals surface area contributed by atoms with Crippen LogP contribution in [0.3, 0.4) is 0 Å². The molecule has 0 bridgehead atoms. The second kappa shape index (κ2) is 7.71. The Morgan fingerprint density at radius 1 is 1.16 bits per heavy atom. The molecule has 3 rings (SSSR count). The van der Waals surface area contributed by atoms with Crippen molar-refractivity contribution in [3.05, 3.63) is 35.9 Å². The first-order valence-corrected chi connectivity index (χ1v) is 8.57. The number of hydrogen-bond donors (Lipinski definition) is 1. The van der Waals surface area contributed by atoms with Crippen LogP contribution in [0, 0.1) is 0 Å². The second-order valence-corrected chi connectivity index (χ2v) is 6.58. The summed E-state index contributed by atoms with van der Waals surface area (Å²) in [6, 6.07) is 4.51. The van der Waals surface area contributed by atoms with Crippen molar-refractivity contribution in [2.24, 2.45) is 0 Å². The zero-order valence-electron chi connectivity index (χ0n) is 15.1. The minimum absolute atomic E-state index is 0.275. The molecule has 3 heterocycles. The highest BCUT2D eigenvalue weighted by Gasteiger charge is 2.23. The zero-order chi connectivity index (χ0) is 17.8. The maximum atomic E-state index is 5.81. The number of nitrogens with zero attached hydrogens (tertiary/aromatic N) is 7. The quantitative estimate of drug-likeness (QED) is 0.853. The number of rotatable bonds is 5. The summed E-state index contributed by atoms with van der Waals surface area (Å²) in [5.41, 5.74) is 7.07. The van der Waals surface area contributed by atoms with Crippen LogP contribution in [0.5, 0.6) is 0 Å². The molecule has 0 amide bonds. The first kappa shape index (κ1) is 17.5. The molecule has 0 aromatic carbocycles. The first-order chi connectivity index (χ1) is 12.0. The molecule has 134 valence electrons. The molecule has 8 nitrogen and oxygen atoms in total. The van der Waals surface area contributed by atoms with Crippen LogP contribution in [0.4, 0.5) is 11.9 Å². The number of hydrogen-bond acceptors (Lipinski definition) is 8. The van der Waals surface area contributed by atoms with Crippen molar-refractivity contribution in [2.45, 2.75) is 19.5 Å². The standard InChI is InChI=1S/C17H26N8/c1-13(14-5-4-6-19-11-14)25-9-7-24(8-10-25)12-15-20-16(18)22-17(21-15)23(2)3/h4-6,11,13H,7-10,12H2,1-3H3,(H2,18,20,21,22). The number of piperazine rings is 1. The van der Waals surface area contributed by atoms with E-state index in [1.165, 1.54) is 5.56 Å². The summed E-state index contributed by atoms with van der Waals surface area (Å²) < 4.78 is 0. The molecule has 2 N–H and O–H groups in total. The van der Waals surface area contributed by atoms with Gasteiger partial charge in [0.2, 0.25) is 11.9 Å². The molecule has 0 saturated carbocycles. The average molecular weight is 342 g/mol. The van der Waals surface area contributed by atoms with E-state index in [-0.39, 0.29) is 5.95 Å². The number of pyridine rings is 1. The van der Waals surface area contributed by atoms with Crippen molar-refractivity contribution in [3.63, 3.8) is 0 Å². The Balaban J connectivity index is 1.58. The minimum atomic E-state index is 0.275. The summed E-state index contributed by atoms with van der Waals surface area (Å²) in [4.78, 5) is 23.8. The van der Waals surface area contributed by atoms with Crippen LogP contribution < -0.4 is 10.6 Å². The van der Waals surface area contributed by atoms with Crippen molar-refractivity contribution >= 4 is 11.9 Å². The molecular formula is C17H26N8. The van der Waals surface area contributed by atoms with Gasteiger partial charge in [0.15, 0.2) is 0 Å². The van der Waals surface area contributed by atoms with Crippen LogP contribution in [-0.4, -0.2) is 70.0 Å². The molecular weight excluding hydrogens is 316 g/mol. The Bertz CT molecular complexity index is 682. The van der Waals surface area contributed by atoms with Gasteiger partial charge in [-0.15, -0.1) is 0 Å². The van der Waals surface area contributed by atoms with Gasteiger partial charge in [-0.25, -0.2) is 0 Å². The van der Waals surface area contributed by atoms with Crippen LogP contribution in [-0.2, 0) is 6.54 Å².